The number of carbonyl (C=O) groups excluding carboxylic acids is 1. The van der Waals surface area contributed by atoms with Gasteiger partial charge in [0, 0.05) is 57.9 Å². The Balaban J connectivity index is 1.47. The van der Waals surface area contributed by atoms with Crippen LogP contribution in [0.4, 0.5) is 0 Å². The van der Waals surface area contributed by atoms with E-state index in [2.05, 4.69) is 28.7 Å². The summed E-state index contributed by atoms with van der Waals surface area (Å²) in [7, 11) is 2.22. The first-order chi connectivity index (χ1) is 11.1. The molecule has 3 rings (SSSR count). The summed E-state index contributed by atoms with van der Waals surface area (Å²) in [5, 5.41) is 0. The second-order valence-corrected chi connectivity index (χ2v) is 7.66. The van der Waals surface area contributed by atoms with E-state index in [9.17, 15) is 4.79 Å². The minimum Gasteiger partial charge on any atom is -0.381 e. The van der Waals surface area contributed by atoms with Crippen LogP contribution >= 0.6 is 0 Å². The zero-order valence-corrected chi connectivity index (χ0v) is 14.9. The fraction of sp³-hybridized carbons (Fsp3) is 0.944. The average Bonchev–Trinajstić information content (AvgIpc) is 2.61. The zero-order valence-electron chi connectivity index (χ0n) is 14.9. The molecule has 0 unspecified atom stereocenters. The highest BCUT2D eigenvalue weighted by molar-refractivity contribution is 5.79. The van der Waals surface area contributed by atoms with Gasteiger partial charge in [-0.15, -0.1) is 0 Å². The van der Waals surface area contributed by atoms with Gasteiger partial charge in [-0.25, -0.2) is 0 Å². The number of amides is 1. The van der Waals surface area contributed by atoms with Gasteiger partial charge in [-0.1, -0.05) is 6.92 Å². The van der Waals surface area contributed by atoms with Gasteiger partial charge < -0.3 is 14.5 Å². The Bertz CT molecular complexity index is 390. The third-order valence-corrected chi connectivity index (χ3v) is 6.10. The van der Waals surface area contributed by atoms with E-state index in [1.165, 1.54) is 25.9 Å². The van der Waals surface area contributed by atoms with Gasteiger partial charge >= 0.3 is 0 Å². The highest BCUT2D eigenvalue weighted by atomic mass is 16.5. The summed E-state index contributed by atoms with van der Waals surface area (Å²) in [5.74, 6) is 1.05. The van der Waals surface area contributed by atoms with E-state index < -0.39 is 0 Å². The first-order valence-corrected chi connectivity index (χ1v) is 9.44. The van der Waals surface area contributed by atoms with E-state index in [0.29, 0.717) is 17.9 Å². The summed E-state index contributed by atoms with van der Waals surface area (Å²) in [5.41, 5.74) is 0. The Kier molecular flexibility index (Phi) is 5.94. The molecule has 23 heavy (non-hydrogen) atoms. The lowest BCUT2D eigenvalue weighted by molar-refractivity contribution is -0.140. The normalized spacial score (nSPS) is 30.3. The molecule has 3 aliphatic rings. The highest BCUT2D eigenvalue weighted by Crippen LogP contribution is 2.26. The van der Waals surface area contributed by atoms with Crippen LogP contribution in [0.3, 0.4) is 0 Å². The van der Waals surface area contributed by atoms with E-state index in [0.717, 1.165) is 52.2 Å². The topological polar surface area (TPSA) is 36.0 Å². The van der Waals surface area contributed by atoms with E-state index in [1.807, 2.05) is 0 Å². The summed E-state index contributed by atoms with van der Waals surface area (Å²) < 4.78 is 5.43. The molecule has 0 N–H and O–H groups in total. The van der Waals surface area contributed by atoms with Crippen molar-refractivity contribution in [1.82, 2.24) is 14.7 Å². The molecule has 0 aromatic carbocycles. The van der Waals surface area contributed by atoms with Gasteiger partial charge in [0.15, 0.2) is 0 Å². The van der Waals surface area contributed by atoms with E-state index in [-0.39, 0.29) is 5.92 Å². The number of nitrogens with zero attached hydrogens (tertiary/aromatic N) is 3. The van der Waals surface area contributed by atoms with Crippen molar-refractivity contribution in [1.29, 1.82) is 0 Å². The molecule has 5 nitrogen and oxygen atoms in total. The summed E-state index contributed by atoms with van der Waals surface area (Å²) >= 11 is 0. The number of piperazine rings is 1. The van der Waals surface area contributed by atoms with Crippen molar-refractivity contribution in [2.75, 3.05) is 59.5 Å². The van der Waals surface area contributed by atoms with Crippen LogP contribution in [-0.4, -0.2) is 86.2 Å². The summed E-state index contributed by atoms with van der Waals surface area (Å²) in [6.45, 7) is 10.1. The second-order valence-electron chi connectivity index (χ2n) is 7.66. The highest BCUT2D eigenvalue weighted by Gasteiger charge is 2.32. The standard InChI is InChI=1S/C18H33N3O2/c1-15(16-5-12-23-13-6-16)18(22)21-10-8-20(9-11-21)17-4-3-7-19(2)14-17/h15-17H,3-14H2,1-2H3/t15-,17-/m0/s1. The predicted octanol–water partition coefficient (Wildman–Crippen LogP) is 1.29. The van der Waals surface area contributed by atoms with Crippen molar-refractivity contribution in [3.05, 3.63) is 0 Å². The molecule has 0 aromatic heterocycles. The number of hydrogen-bond acceptors (Lipinski definition) is 4. The number of piperidine rings is 1. The van der Waals surface area contributed by atoms with E-state index in [4.69, 9.17) is 4.74 Å². The lowest BCUT2D eigenvalue weighted by Crippen LogP contribution is -2.56. The SMILES string of the molecule is C[C@H](C(=O)N1CCN([C@H]2CCCN(C)C2)CC1)C1CCOCC1. The molecule has 3 heterocycles. The molecule has 0 aliphatic carbocycles. The van der Waals surface area contributed by atoms with Crippen molar-refractivity contribution in [2.45, 2.75) is 38.6 Å². The van der Waals surface area contributed by atoms with Crippen molar-refractivity contribution in [3.63, 3.8) is 0 Å². The molecule has 0 aromatic rings. The molecular weight excluding hydrogens is 290 g/mol. The predicted molar refractivity (Wildman–Crippen MR) is 91.4 cm³/mol. The van der Waals surface area contributed by atoms with Gasteiger partial charge in [0.05, 0.1) is 0 Å². The summed E-state index contributed by atoms with van der Waals surface area (Å²) in [6.07, 6.45) is 4.71. The maximum absolute atomic E-state index is 12.8. The second kappa shape index (κ2) is 7.95. The fourth-order valence-corrected chi connectivity index (χ4v) is 4.45. The van der Waals surface area contributed by atoms with Gasteiger partial charge in [0.1, 0.15) is 0 Å². The number of carbonyl (C=O) groups is 1. The largest absolute Gasteiger partial charge is 0.381 e. The van der Waals surface area contributed by atoms with Crippen LogP contribution in [0, 0.1) is 11.8 Å². The van der Waals surface area contributed by atoms with Crippen LogP contribution in [0.25, 0.3) is 0 Å². The van der Waals surface area contributed by atoms with Crippen molar-refractivity contribution in [3.8, 4) is 0 Å². The Hall–Kier alpha value is -0.650. The molecule has 2 atom stereocenters. The average molecular weight is 323 g/mol. The number of hydrogen-bond donors (Lipinski definition) is 0. The molecule has 5 heteroatoms. The molecule has 0 bridgehead atoms. The minimum absolute atomic E-state index is 0.159. The van der Waals surface area contributed by atoms with Crippen LogP contribution < -0.4 is 0 Å². The van der Waals surface area contributed by atoms with Gasteiger partial charge in [-0.3, -0.25) is 9.69 Å². The number of ether oxygens (including phenoxy) is 1. The fourth-order valence-electron chi connectivity index (χ4n) is 4.45. The van der Waals surface area contributed by atoms with E-state index >= 15 is 0 Å². The van der Waals surface area contributed by atoms with E-state index in [1.54, 1.807) is 0 Å². The molecule has 0 spiro atoms. The van der Waals surface area contributed by atoms with Crippen molar-refractivity contribution < 1.29 is 9.53 Å². The monoisotopic (exact) mass is 323 g/mol. The molecule has 3 fully saturated rings. The molecule has 3 saturated heterocycles. The lowest BCUT2D eigenvalue weighted by atomic mass is 9.86. The van der Waals surface area contributed by atoms with Gasteiger partial charge in [0.2, 0.25) is 5.91 Å². The van der Waals surface area contributed by atoms with Gasteiger partial charge in [0.25, 0.3) is 0 Å². The zero-order chi connectivity index (χ0) is 16.2. The van der Waals surface area contributed by atoms with Gasteiger partial charge in [-0.05, 0) is 45.2 Å². The smallest absolute Gasteiger partial charge is 0.225 e. The van der Waals surface area contributed by atoms with Gasteiger partial charge in [-0.2, -0.15) is 0 Å². The molecule has 0 saturated carbocycles. The summed E-state index contributed by atoms with van der Waals surface area (Å²) in [6, 6.07) is 0.693. The quantitative estimate of drug-likeness (QED) is 0.784. The van der Waals surface area contributed by atoms with Crippen LogP contribution in [0.2, 0.25) is 0 Å². The maximum Gasteiger partial charge on any atom is 0.225 e. The van der Waals surface area contributed by atoms with Crippen molar-refractivity contribution >= 4 is 5.91 Å². The molecule has 1 amide bonds. The molecule has 132 valence electrons. The Morgan fingerprint density at radius 1 is 1.04 bits per heavy atom. The number of rotatable bonds is 3. The summed E-state index contributed by atoms with van der Waals surface area (Å²) in [4.78, 5) is 20.0. The van der Waals surface area contributed by atoms with Crippen LogP contribution in [0.1, 0.15) is 32.6 Å². The molecular formula is C18H33N3O2. The Morgan fingerprint density at radius 3 is 2.39 bits per heavy atom. The first kappa shape index (κ1) is 17.2. The number of likely N-dealkylation sites (tertiary alicyclic amines) is 1. The Morgan fingerprint density at radius 2 is 1.74 bits per heavy atom. The number of likely N-dealkylation sites (N-methyl/N-ethyl adjacent to an activating group) is 1. The molecule has 0 radical (unpaired) electrons. The van der Waals surface area contributed by atoms with Crippen LogP contribution in [0.5, 0.6) is 0 Å². The Labute approximate surface area is 140 Å². The van der Waals surface area contributed by atoms with Crippen molar-refractivity contribution in [2.24, 2.45) is 11.8 Å². The molecule has 3 aliphatic heterocycles. The first-order valence-electron chi connectivity index (χ1n) is 9.44. The maximum atomic E-state index is 12.8. The van der Waals surface area contributed by atoms with Crippen LogP contribution in [0.15, 0.2) is 0 Å². The third kappa shape index (κ3) is 4.25. The lowest BCUT2D eigenvalue weighted by Gasteiger charge is -2.43. The minimum atomic E-state index is 0.159. The third-order valence-electron chi connectivity index (χ3n) is 6.10. The van der Waals surface area contributed by atoms with Crippen LogP contribution in [-0.2, 0) is 9.53 Å².